The van der Waals surface area contributed by atoms with Gasteiger partial charge in [-0.3, -0.25) is 0 Å². The maximum Gasteiger partial charge on any atom is 0.573 e. The molecule has 4 aromatic rings. The van der Waals surface area contributed by atoms with Crippen molar-refractivity contribution in [1.82, 2.24) is 15.3 Å². The number of hydrogen-bond acceptors (Lipinski definition) is 9. The number of aromatic carboxylic acids is 1. The van der Waals surface area contributed by atoms with Crippen LogP contribution < -0.4 is 4.74 Å². The van der Waals surface area contributed by atoms with Gasteiger partial charge in [0.05, 0.1) is 25.4 Å². The van der Waals surface area contributed by atoms with Crippen molar-refractivity contribution in [2.75, 3.05) is 13.2 Å². The molecule has 0 unspecified atom stereocenters. The van der Waals surface area contributed by atoms with E-state index in [4.69, 9.17) is 23.6 Å². The van der Waals surface area contributed by atoms with E-state index in [0.29, 0.717) is 48.1 Å². The summed E-state index contributed by atoms with van der Waals surface area (Å²) in [5, 5.41) is 17.3. The Hall–Kier alpha value is -4.49. The first-order chi connectivity index (χ1) is 20.7. The normalized spacial score (nSPS) is 17.6. The number of aromatic nitrogens is 3. The Kier molecular flexibility index (Phi) is 6.58. The Bertz CT molecular complexity index is 1710. The number of halogens is 3. The summed E-state index contributed by atoms with van der Waals surface area (Å²) in [7, 11) is 0. The minimum atomic E-state index is -4.85. The van der Waals surface area contributed by atoms with Gasteiger partial charge in [-0.2, -0.15) is 4.98 Å². The van der Waals surface area contributed by atoms with Crippen molar-refractivity contribution < 1.29 is 46.3 Å². The highest BCUT2D eigenvalue weighted by Gasteiger charge is 2.52. The molecule has 43 heavy (non-hydrogen) atoms. The molecule has 0 spiro atoms. The quantitative estimate of drug-likeness (QED) is 0.206. The van der Waals surface area contributed by atoms with Gasteiger partial charge in [-0.15, -0.1) is 13.2 Å². The first kappa shape index (κ1) is 27.3. The summed E-state index contributed by atoms with van der Waals surface area (Å²) in [6.07, 6.45) is -1.88. The van der Waals surface area contributed by atoms with Crippen LogP contribution in [0.5, 0.6) is 5.75 Å². The van der Waals surface area contributed by atoms with E-state index < -0.39 is 17.9 Å². The summed E-state index contributed by atoms with van der Waals surface area (Å²) in [5.74, 6) is 0.115. The zero-order chi connectivity index (χ0) is 29.8. The lowest BCUT2D eigenvalue weighted by Crippen LogP contribution is -2.45. The van der Waals surface area contributed by atoms with Gasteiger partial charge in [0.1, 0.15) is 17.2 Å². The topological polar surface area (TPSA) is 130 Å². The van der Waals surface area contributed by atoms with Crippen molar-refractivity contribution in [3.8, 4) is 28.4 Å². The average molecular weight is 596 g/mol. The minimum Gasteiger partial charge on any atom is -0.478 e. The van der Waals surface area contributed by atoms with E-state index in [9.17, 15) is 18.0 Å². The second-order valence-corrected chi connectivity index (χ2v) is 10.8. The molecule has 4 heterocycles. The number of rotatable bonds is 10. The summed E-state index contributed by atoms with van der Waals surface area (Å²) in [6, 6.07) is 12.0. The fourth-order valence-corrected chi connectivity index (χ4v) is 5.45. The highest BCUT2D eigenvalue weighted by atomic mass is 19.4. The molecule has 2 aromatic carbocycles. The zero-order valence-corrected chi connectivity index (χ0v) is 22.5. The smallest absolute Gasteiger partial charge is 0.478 e. The van der Waals surface area contributed by atoms with E-state index in [1.54, 1.807) is 18.2 Å². The molecule has 1 N–H and O–H groups in total. The number of carbonyl (C=O) groups is 1. The Labute approximate surface area is 242 Å². The lowest BCUT2D eigenvalue weighted by Gasteiger charge is -2.46. The minimum absolute atomic E-state index is 0.0978. The van der Waals surface area contributed by atoms with E-state index >= 15 is 0 Å². The van der Waals surface area contributed by atoms with Crippen molar-refractivity contribution >= 4 is 5.97 Å². The fourth-order valence-electron chi connectivity index (χ4n) is 5.45. The van der Waals surface area contributed by atoms with Crippen molar-refractivity contribution in [1.29, 1.82) is 0 Å². The van der Waals surface area contributed by atoms with Gasteiger partial charge in [-0.1, -0.05) is 40.2 Å². The summed E-state index contributed by atoms with van der Waals surface area (Å²) in [4.78, 5) is 15.6. The SMILES string of the molecule is O=C(O)c1ccc(-c2noc(C34CC(=C(COCc5c(-c6ccccc6OC(F)(F)F)noc5C5CC5)CO3)C4)n2)cc1. The van der Waals surface area contributed by atoms with Gasteiger partial charge in [0, 0.05) is 35.4 Å². The van der Waals surface area contributed by atoms with Gasteiger partial charge < -0.3 is 28.4 Å². The molecule has 2 aromatic heterocycles. The zero-order valence-electron chi connectivity index (χ0n) is 22.5. The van der Waals surface area contributed by atoms with Crippen LogP contribution in [0.4, 0.5) is 13.2 Å². The van der Waals surface area contributed by atoms with Crippen molar-refractivity contribution in [2.24, 2.45) is 0 Å². The highest BCUT2D eigenvalue weighted by Crippen LogP contribution is 2.53. The third-order valence-corrected chi connectivity index (χ3v) is 7.88. The first-order valence-corrected chi connectivity index (χ1v) is 13.6. The van der Waals surface area contributed by atoms with Gasteiger partial charge in [0.25, 0.3) is 5.89 Å². The second-order valence-electron chi connectivity index (χ2n) is 10.8. The summed E-state index contributed by atoms with van der Waals surface area (Å²) in [6.45, 7) is 0.668. The van der Waals surface area contributed by atoms with Gasteiger partial charge in [0.2, 0.25) is 5.82 Å². The fraction of sp³-hybridized carbons (Fsp3) is 0.333. The van der Waals surface area contributed by atoms with Crippen LogP contribution in [0.15, 0.2) is 68.7 Å². The van der Waals surface area contributed by atoms with Crippen LogP contribution in [-0.2, 0) is 21.7 Å². The summed E-state index contributed by atoms with van der Waals surface area (Å²) in [5.41, 5.74) is 3.28. The van der Waals surface area contributed by atoms with Crippen LogP contribution in [-0.4, -0.2) is 45.9 Å². The number of carboxylic acid groups (broad SMARTS) is 1. The lowest BCUT2D eigenvalue weighted by atomic mass is 9.71. The van der Waals surface area contributed by atoms with Crippen molar-refractivity contribution in [3.05, 3.63) is 82.5 Å². The highest BCUT2D eigenvalue weighted by molar-refractivity contribution is 5.88. The Balaban J connectivity index is 1.03. The number of hydrogen-bond donors (Lipinski definition) is 1. The number of ether oxygens (including phenoxy) is 3. The number of para-hydroxylation sites is 1. The lowest BCUT2D eigenvalue weighted by molar-refractivity contribution is -0.274. The van der Waals surface area contributed by atoms with Crippen LogP contribution in [0.1, 0.15) is 59.2 Å². The van der Waals surface area contributed by atoms with Crippen LogP contribution in [0.2, 0.25) is 0 Å². The molecule has 13 heteroatoms. The van der Waals surface area contributed by atoms with Crippen LogP contribution in [0.25, 0.3) is 22.6 Å². The molecule has 222 valence electrons. The summed E-state index contributed by atoms with van der Waals surface area (Å²) < 4.78 is 66.7. The third-order valence-electron chi connectivity index (χ3n) is 7.88. The molecule has 2 fully saturated rings. The maximum atomic E-state index is 13.0. The van der Waals surface area contributed by atoms with Gasteiger partial charge in [-0.25, -0.2) is 4.79 Å². The van der Waals surface area contributed by atoms with E-state index in [1.165, 1.54) is 30.3 Å². The number of benzene rings is 2. The van der Waals surface area contributed by atoms with Gasteiger partial charge >= 0.3 is 12.3 Å². The molecule has 0 saturated heterocycles. The van der Waals surface area contributed by atoms with Crippen LogP contribution in [0.3, 0.4) is 0 Å². The van der Waals surface area contributed by atoms with Crippen molar-refractivity contribution in [2.45, 2.75) is 50.2 Å². The molecule has 2 aliphatic carbocycles. The molecule has 0 amide bonds. The van der Waals surface area contributed by atoms with E-state index in [-0.39, 0.29) is 41.7 Å². The van der Waals surface area contributed by atoms with Crippen LogP contribution >= 0.6 is 0 Å². The van der Waals surface area contributed by atoms with Crippen molar-refractivity contribution in [3.63, 3.8) is 0 Å². The molecule has 2 bridgehead atoms. The van der Waals surface area contributed by atoms with E-state index in [0.717, 1.165) is 24.0 Å². The Morgan fingerprint density at radius 2 is 1.79 bits per heavy atom. The number of alkyl halides is 3. The molecule has 0 radical (unpaired) electrons. The summed E-state index contributed by atoms with van der Waals surface area (Å²) >= 11 is 0. The number of carboxylic acids is 1. The molecule has 2 saturated carbocycles. The predicted octanol–water partition coefficient (Wildman–Crippen LogP) is 6.40. The molecule has 0 atom stereocenters. The molecule has 2 aliphatic heterocycles. The standard InChI is InChI=1S/C30H24F3N3O7/c31-30(32,33)41-23-4-2-1-3-21(23)24-22(25(42-35-24)16-5-6-16)15-39-13-20-14-40-29(11-19(20)12-29)28-34-26(36-43-28)17-7-9-18(10-8-17)27(37)38/h1-4,7-10,16H,5-6,11-15H2,(H,37,38). The average Bonchev–Trinajstić information content (AvgIpc) is 3.53. The number of fused-ring (bicyclic) bond motifs is 2. The Morgan fingerprint density at radius 1 is 1.02 bits per heavy atom. The molecule has 4 aliphatic rings. The van der Waals surface area contributed by atoms with E-state index in [2.05, 4.69) is 20.0 Å². The van der Waals surface area contributed by atoms with Gasteiger partial charge in [-0.05, 0) is 42.7 Å². The third kappa shape index (κ3) is 5.30. The predicted molar refractivity (Wildman–Crippen MR) is 141 cm³/mol. The largest absolute Gasteiger partial charge is 0.573 e. The van der Waals surface area contributed by atoms with E-state index in [1.807, 2.05) is 0 Å². The monoisotopic (exact) mass is 595 g/mol. The number of nitrogens with zero attached hydrogens (tertiary/aromatic N) is 3. The first-order valence-electron chi connectivity index (χ1n) is 13.6. The van der Waals surface area contributed by atoms with Gasteiger partial charge in [0.15, 0.2) is 5.60 Å². The molecule has 8 rings (SSSR count). The molecule has 10 nitrogen and oxygen atoms in total. The second kappa shape index (κ2) is 10.3. The van der Waals surface area contributed by atoms with Crippen LogP contribution in [0, 0.1) is 0 Å². The maximum absolute atomic E-state index is 13.0. The Morgan fingerprint density at radius 3 is 2.47 bits per heavy atom. The molecular formula is C30H24F3N3O7. The molecular weight excluding hydrogens is 571 g/mol.